The van der Waals surface area contributed by atoms with Gasteiger partial charge in [0.05, 0.1) is 21.7 Å². The molecule has 1 aliphatic rings. The standard InChI is InChI=1S/C19H17BrN2O2S/c1-2-10-24-16-9-8-13(11-15(16)20)12-17-18(23)22-19(25-17)21-14-6-4-3-5-7-14/h3-9,11-12H,2,10H2,1H3,(H,21,22,23)/b17-12-. The molecule has 1 fully saturated rings. The smallest absolute Gasteiger partial charge is 0.264 e. The third-order valence-corrected chi connectivity index (χ3v) is 4.88. The Kier molecular flexibility index (Phi) is 5.94. The average molecular weight is 417 g/mol. The summed E-state index contributed by atoms with van der Waals surface area (Å²) in [5, 5.41) is 3.38. The van der Waals surface area contributed by atoms with E-state index in [-0.39, 0.29) is 5.91 Å². The van der Waals surface area contributed by atoms with Gasteiger partial charge in [0.15, 0.2) is 5.17 Å². The van der Waals surface area contributed by atoms with Crippen LogP contribution in [0.15, 0.2) is 62.9 Å². The molecule has 1 N–H and O–H groups in total. The minimum Gasteiger partial charge on any atom is -0.492 e. The quantitative estimate of drug-likeness (QED) is 0.687. The molecule has 0 saturated carbocycles. The van der Waals surface area contributed by atoms with Gasteiger partial charge in [-0.05, 0) is 70.0 Å². The van der Waals surface area contributed by atoms with E-state index in [1.807, 2.05) is 54.6 Å². The summed E-state index contributed by atoms with van der Waals surface area (Å²) in [7, 11) is 0. The van der Waals surface area contributed by atoms with Gasteiger partial charge in [0.1, 0.15) is 5.75 Å². The summed E-state index contributed by atoms with van der Waals surface area (Å²) in [6.07, 6.45) is 2.81. The number of nitrogens with zero attached hydrogens (tertiary/aromatic N) is 1. The van der Waals surface area contributed by atoms with Gasteiger partial charge in [0.25, 0.3) is 5.91 Å². The van der Waals surface area contributed by atoms with Crippen molar-refractivity contribution in [1.82, 2.24) is 5.32 Å². The molecule has 0 unspecified atom stereocenters. The van der Waals surface area contributed by atoms with E-state index in [4.69, 9.17) is 4.74 Å². The molecule has 1 aliphatic heterocycles. The van der Waals surface area contributed by atoms with Gasteiger partial charge in [-0.3, -0.25) is 4.79 Å². The van der Waals surface area contributed by atoms with Crippen molar-refractivity contribution in [1.29, 1.82) is 0 Å². The van der Waals surface area contributed by atoms with Crippen molar-refractivity contribution in [2.24, 2.45) is 4.99 Å². The van der Waals surface area contributed by atoms with Gasteiger partial charge in [-0.15, -0.1) is 0 Å². The Labute approximate surface area is 159 Å². The van der Waals surface area contributed by atoms with Crippen molar-refractivity contribution in [2.45, 2.75) is 13.3 Å². The van der Waals surface area contributed by atoms with Crippen LogP contribution in [0.3, 0.4) is 0 Å². The number of amidine groups is 1. The Hall–Kier alpha value is -2.05. The third kappa shape index (κ3) is 4.74. The van der Waals surface area contributed by atoms with Crippen LogP contribution in [0.4, 0.5) is 5.69 Å². The molecule has 2 aromatic carbocycles. The number of ether oxygens (including phenoxy) is 1. The van der Waals surface area contributed by atoms with Crippen molar-refractivity contribution in [2.75, 3.05) is 6.61 Å². The van der Waals surface area contributed by atoms with E-state index in [2.05, 4.69) is 33.2 Å². The number of nitrogens with one attached hydrogen (secondary N) is 1. The van der Waals surface area contributed by atoms with Gasteiger partial charge in [-0.1, -0.05) is 31.2 Å². The average Bonchev–Trinajstić information content (AvgIpc) is 2.94. The molecular formula is C19H17BrN2O2S. The minimum absolute atomic E-state index is 0.137. The van der Waals surface area contributed by atoms with Crippen LogP contribution in [0.5, 0.6) is 5.75 Å². The van der Waals surface area contributed by atoms with Crippen molar-refractivity contribution >= 4 is 50.5 Å². The zero-order valence-electron chi connectivity index (χ0n) is 13.7. The Morgan fingerprint density at radius 3 is 2.76 bits per heavy atom. The maximum Gasteiger partial charge on any atom is 0.264 e. The molecule has 25 heavy (non-hydrogen) atoms. The van der Waals surface area contributed by atoms with Gasteiger partial charge < -0.3 is 10.1 Å². The van der Waals surface area contributed by atoms with E-state index in [9.17, 15) is 4.79 Å². The van der Waals surface area contributed by atoms with E-state index in [1.54, 1.807) is 0 Å². The van der Waals surface area contributed by atoms with Crippen LogP contribution in [0.25, 0.3) is 6.08 Å². The SMILES string of the molecule is CCCOc1ccc(/C=C2\SC(=Nc3ccccc3)NC2=O)cc1Br. The number of carbonyl (C=O) groups is 1. The van der Waals surface area contributed by atoms with Crippen LogP contribution < -0.4 is 10.1 Å². The fourth-order valence-corrected chi connectivity index (χ4v) is 3.54. The lowest BCUT2D eigenvalue weighted by atomic mass is 10.2. The Balaban J connectivity index is 1.76. The molecule has 1 amide bonds. The number of carbonyl (C=O) groups excluding carboxylic acids is 1. The zero-order chi connectivity index (χ0) is 17.6. The summed E-state index contributed by atoms with van der Waals surface area (Å²) in [6, 6.07) is 15.3. The van der Waals surface area contributed by atoms with Crippen molar-refractivity contribution in [3.05, 3.63) is 63.5 Å². The second-order valence-corrected chi connectivity index (χ2v) is 7.24. The van der Waals surface area contributed by atoms with Crippen LogP contribution in [0, 0.1) is 0 Å². The maximum atomic E-state index is 12.2. The molecule has 2 aromatic rings. The highest BCUT2D eigenvalue weighted by molar-refractivity contribution is 9.10. The number of halogens is 1. The first-order valence-electron chi connectivity index (χ1n) is 7.92. The number of amides is 1. The van der Waals surface area contributed by atoms with Crippen molar-refractivity contribution < 1.29 is 9.53 Å². The van der Waals surface area contributed by atoms with Gasteiger partial charge in [-0.2, -0.15) is 0 Å². The van der Waals surface area contributed by atoms with Crippen LogP contribution >= 0.6 is 27.7 Å². The largest absolute Gasteiger partial charge is 0.492 e. The van der Waals surface area contributed by atoms with E-state index in [0.29, 0.717) is 16.7 Å². The topological polar surface area (TPSA) is 50.7 Å². The van der Waals surface area contributed by atoms with Crippen LogP contribution in [0.2, 0.25) is 0 Å². The summed E-state index contributed by atoms with van der Waals surface area (Å²) in [4.78, 5) is 17.2. The molecule has 1 heterocycles. The minimum atomic E-state index is -0.137. The summed E-state index contributed by atoms with van der Waals surface area (Å²) in [5.41, 5.74) is 1.74. The van der Waals surface area contributed by atoms with Crippen LogP contribution in [-0.2, 0) is 4.79 Å². The highest BCUT2D eigenvalue weighted by atomic mass is 79.9. The number of aliphatic imine (C=N–C) groups is 1. The molecule has 128 valence electrons. The summed E-state index contributed by atoms with van der Waals surface area (Å²) < 4.78 is 6.52. The molecule has 0 aliphatic carbocycles. The molecule has 6 heteroatoms. The first kappa shape index (κ1) is 17.8. The van der Waals surface area contributed by atoms with Gasteiger partial charge >= 0.3 is 0 Å². The number of rotatable bonds is 5. The monoisotopic (exact) mass is 416 g/mol. The van der Waals surface area contributed by atoms with Crippen molar-refractivity contribution in [3.8, 4) is 5.75 Å². The van der Waals surface area contributed by atoms with Gasteiger partial charge in [-0.25, -0.2) is 4.99 Å². The van der Waals surface area contributed by atoms with Gasteiger partial charge in [0, 0.05) is 0 Å². The number of benzene rings is 2. The van der Waals surface area contributed by atoms with Crippen LogP contribution in [-0.4, -0.2) is 17.7 Å². The molecule has 0 aromatic heterocycles. The normalized spacial score (nSPS) is 17.1. The molecule has 0 radical (unpaired) electrons. The van der Waals surface area contributed by atoms with Gasteiger partial charge in [0.2, 0.25) is 0 Å². The summed E-state index contributed by atoms with van der Waals surface area (Å²) in [5.74, 6) is 0.668. The van der Waals surface area contributed by atoms with E-state index in [1.165, 1.54) is 11.8 Å². The number of thioether (sulfide) groups is 1. The maximum absolute atomic E-state index is 12.2. The molecule has 4 nitrogen and oxygen atoms in total. The fraction of sp³-hybridized carbons (Fsp3) is 0.158. The zero-order valence-corrected chi connectivity index (χ0v) is 16.1. The molecule has 3 rings (SSSR count). The predicted octanol–water partition coefficient (Wildman–Crippen LogP) is 5.13. The van der Waals surface area contributed by atoms with E-state index in [0.717, 1.165) is 27.9 Å². The Bertz CT molecular complexity index is 835. The highest BCUT2D eigenvalue weighted by Gasteiger charge is 2.23. The highest BCUT2D eigenvalue weighted by Crippen LogP contribution is 2.31. The second-order valence-electron chi connectivity index (χ2n) is 5.36. The predicted molar refractivity (Wildman–Crippen MR) is 107 cm³/mol. The van der Waals surface area contributed by atoms with Crippen molar-refractivity contribution in [3.63, 3.8) is 0 Å². The molecule has 0 bridgehead atoms. The Morgan fingerprint density at radius 1 is 1.24 bits per heavy atom. The fourth-order valence-electron chi connectivity index (χ4n) is 2.19. The number of hydrogen-bond acceptors (Lipinski definition) is 4. The molecule has 1 saturated heterocycles. The van der Waals surface area contributed by atoms with E-state index < -0.39 is 0 Å². The third-order valence-electron chi connectivity index (χ3n) is 3.35. The lowest BCUT2D eigenvalue weighted by Crippen LogP contribution is -2.19. The van der Waals surface area contributed by atoms with Crippen LogP contribution in [0.1, 0.15) is 18.9 Å². The molecule has 0 atom stereocenters. The second kappa shape index (κ2) is 8.36. The number of hydrogen-bond donors (Lipinski definition) is 1. The lowest BCUT2D eigenvalue weighted by molar-refractivity contribution is -0.115. The molecule has 0 spiro atoms. The summed E-state index contributed by atoms with van der Waals surface area (Å²) >= 11 is 4.85. The molecular weight excluding hydrogens is 400 g/mol. The van der Waals surface area contributed by atoms with E-state index >= 15 is 0 Å². The lowest BCUT2D eigenvalue weighted by Gasteiger charge is -2.07. The first-order chi connectivity index (χ1) is 12.2. The first-order valence-corrected chi connectivity index (χ1v) is 9.53. The number of para-hydroxylation sites is 1. The summed E-state index contributed by atoms with van der Waals surface area (Å²) in [6.45, 7) is 2.74. The Morgan fingerprint density at radius 2 is 2.04 bits per heavy atom.